The van der Waals surface area contributed by atoms with E-state index in [0.29, 0.717) is 28.1 Å². The highest BCUT2D eigenvalue weighted by atomic mass is 16.8. The van der Waals surface area contributed by atoms with E-state index in [9.17, 15) is 25.6 Å². The first kappa shape index (κ1) is 25.8. The molecule has 0 aliphatic heterocycles. The maximum atomic E-state index is 12.6. The number of hydrogen-bond acceptors (Lipinski definition) is 8. The Morgan fingerprint density at radius 2 is 1.23 bits per heavy atom. The molecule has 0 aliphatic rings. The fourth-order valence-electron chi connectivity index (χ4n) is 3.55. The number of nitrogens with zero attached hydrogens (tertiary/aromatic N) is 3. The Morgan fingerprint density at radius 3 is 1.63 bits per heavy atom. The van der Waals surface area contributed by atoms with Gasteiger partial charge in [0.25, 0.3) is 5.91 Å². The zero-order chi connectivity index (χ0) is 25.7. The van der Waals surface area contributed by atoms with Crippen LogP contribution in [-0.4, -0.2) is 50.2 Å². The van der Waals surface area contributed by atoms with E-state index < -0.39 is 16.4 Å². The Bertz CT molecular complexity index is 1150. The predicted molar refractivity (Wildman–Crippen MR) is 133 cm³/mol. The minimum Gasteiger partial charge on any atom is -0.595 e. The predicted octanol–water partition coefficient (Wildman–Crippen LogP) is 0.808. The molecule has 0 saturated carbocycles. The lowest BCUT2D eigenvalue weighted by Gasteiger charge is -2.23. The molecule has 0 radical (unpaired) electrons. The Hall–Kier alpha value is -3.84. The molecule has 3 rings (SSSR count). The SMILES string of the molecule is CN(C)c1ccc(C(=NNC(=O)c2ccccc2)c2ccc(N(C)C)c([NH+]([O-])O)c2)cc1[NH+]([O-])O. The van der Waals surface area contributed by atoms with Crippen molar-refractivity contribution in [2.75, 3.05) is 38.0 Å². The second kappa shape index (κ2) is 11.1. The van der Waals surface area contributed by atoms with E-state index in [1.54, 1.807) is 92.6 Å². The van der Waals surface area contributed by atoms with Crippen LogP contribution >= 0.6 is 0 Å². The van der Waals surface area contributed by atoms with E-state index in [0.717, 1.165) is 0 Å². The van der Waals surface area contributed by atoms with Crippen molar-refractivity contribution < 1.29 is 25.7 Å². The molecule has 0 aromatic heterocycles. The first-order valence-electron chi connectivity index (χ1n) is 10.6. The number of nitrogens with one attached hydrogen (secondary N) is 3. The quantitative estimate of drug-likeness (QED) is 0.237. The van der Waals surface area contributed by atoms with Crippen LogP contribution in [0.2, 0.25) is 0 Å². The third kappa shape index (κ3) is 6.00. The lowest BCUT2D eigenvalue weighted by Crippen LogP contribution is -2.99. The first-order valence-corrected chi connectivity index (χ1v) is 10.6. The van der Waals surface area contributed by atoms with Gasteiger partial charge in [-0.15, -0.1) is 0 Å². The van der Waals surface area contributed by atoms with Crippen LogP contribution in [-0.2, 0) is 0 Å². The number of carbonyl (C=O) groups is 1. The van der Waals surface area contributed by atoms with E-state index in [1.165, 1.54) is 12.1 Å². The molecule has 5 N–H and O–H groups in total. The summed E-state index contributed by atoms with van der Waals surface area (Å²) in [4.78, 5) is 16.0. The average Bonchev–Trinajstić information content (AvgIpc) is 2.84. The molecule has 3 aromatic rings. The Balaban J connectivity index is 2.16. The molecule has 3 aromatic carbocycles. The Kier molecular flexibility index (Phi) is 8.14. The molecule has 11 heteroatoms. The van der Waals surface area contributed by atoms with Gasteiger partial charge in [0.05, 0.1) is 5.71 Å². The molecule has 184 valence electrons. The van der Waals surface area contributed by atoms with E-state index in [-0.39, 0.29) is 17.1 Å². The summed E-state index contributed by atoms with van der Waals surface area (Å²) < 4.78 is 0. The molecule has 11 nitrogen and oxygen atoms in total. The van der Waals surface area contributed by atoms with Gasteiger partial charge in [-0.3, -0.25) is 4.79 Å². The third-order valence-corrected chi connectivity index (χ3v) is 5.27. The average molecular weight is 481 g/mol. The molecule has 0 spiro atoms. The normalized spacial score (nSPS) is 12.5. The van der Waals surface area contributed by atoms with Gasteiger partial charge in [-0.2, -0.15) is 15.6 Å². The summed E-state index contributed by atoms with van der Waals surface area (Å²) in [7, 11) is 6.93. The first-order chi connectivity index (χ1) is 16.6. The number of rotatable bonds is 8. The summed E-state index contributed by atoms with van der Waals surface area (Å²) in [5.74, 6) is -0.463. The maximum absolute atomic E-state index is 12.6. The molecule has 1 amide bonds. The number of carbonyl (C=O) groups excluding carboxylic acids is 1. The van der Waals surface area contributed by atoms with Gasteiger partial charge in [0.15, 0.2) is 11.4 Å². The van der Waals surface area contributed by atoms with Crippen LogP contribution in [0.15, 0.2) is 71.8 Å². The van der Waals surface area contributed by atoms with Crippen molar-refractivity contribution >= 4 is 34.4 Å². The van der Waals surface area contributed by atoms with Crippen molar-refractivity contribution in [2.45, 2.75) is 0 Å². The van der Waals surface area contributed by atoms with Gasteiger partial charge in [0.1, 0.15) is 11.4 Å². The van der Waals surface area contributed by atoms with Crippen LogP contribution in [0, 0.1) is 10.4 Å². The summed E-state index contributed by atoms with van der Waals surface area (Å²) in [5, 5.41) is 45.4. The highest BCUT2D eigenvalue weighted by Crippen LogP contribution is 2.27. The lowest BCUT2D eigenvalue weighted by molar-refractivity contribution is -0.990. The van der Waals surface area contributed by atoms with E-state index >= 15 is 0 Å². The number of anilines is 2. The Morgan fingerprint density at radius 1 is 0.771 bits per heavy atom. The smallest absolute Gasteiger partial charge is 0.271 e. The highest BCUT2D eigenvalue weighted by Gasteiger charge is 2.20. The number of benzene rings is 3. The second-order valence-electron chi connectivity index (χ2n) is 8.13. The van der Waals surface area contributed by atoms with Crippen molar-refractivity contribution in [1.82, 2.24) is 5.43 Å². The van der Waals surface area contributed by atoms with Crippen LogP contribution < -0.4 is 25.7 Å². The highest BCUT2D eigenvalue weighted by molar-refractivity contribution is 6.14. The zero-order valence-corrected chi connectivity index (χ0v) is 19.8. The van der Waals surface area contributed by atoms with Crippen molar-refractivity contribution in [3.8, 4) is 0 Å². The summed E-state index contributed by atoms with van der Waals surface area (Å²) in [6.45, 7) is 0. The summed E-state index contributed by atoms with van der Waals surface area (Å²) in [6, 6.07) is 18.0. The minimum absolute atomic E-state index is 0.0398. The van der Waals surface area contributed by atoms with E-state index in [4.69, 9.17) is 0 Å². The lowest BCUT2D eigenvalue weighted by atomic mass is 10.00. The zero-order valence-electron chi connectivity index (χ0n) is 19.8. The van der Waals surface area contributed by atoms with Gasteiger partial charge < -0.3 is 20.2 Å². The molecule has 0 saturated heterocycles. The van der Waals surface area contributed by atoms with Gasteiger partial charge >= 0.3 is 0 Å². The number of quaternary nitrogens is 2. The number of hydrogen-bond donors (Lipinski definition) is 5. The molecule has 2 unspecified atom stereocenters. The van der Waals surface area contributed by atoms with Gasteiger partial charge in [-0.25, -0.2) is 15.8 Å². The molecular weight excluding hydrogens is 452 g/mol. The van der Waals surface area contributed by atoms with Crippen LogP contribution in [0.25, 0.3) is 0 Å². The number of hydrazone groups is 1. The summed E-state index contributed by atoms with van der Waals surface area (Å²) in [6.07, 6.45) is 0. The van der Waals surface area contributed by atoms with Gasteiger partial charge in [-0.1, -0.05) is 30.3 Å². The molecule has 0 fully saturated rings. The standard InChI is InChI=1S/C24H28N6O5/c1-27(2)19-12-10-17(14-21(19)29(32)33)23(25-26-24(31)16-8-6-5-7-9-16)18-11-13-20(28(3)4)22(15-18)30(34)35/h5-15,29-30,32,34H,1-4H3,(H,26,31). The summed E-state index contributed by atoms with van der Waals surface area (Å²) in [5.41, 5.74) is 4.96. The fraction of sp³-hybridized carbons (Fsp3) is 0.167. The van der Waals surface area contributed by atoms with Crippen molar-refractivity contribution in [2.24, 2.45) is 5.10 Å². The van der Waals surface area contributed by atoms with E-state index in [2.05, 4.69) is 10.5 Å². The minimum atomic E-state index is -1.13. The molecule has 35 heavy (non-hydrogen) atoms. The molecule has 2 atom stereocenters. The third-order valence-electron chi connectivity index (χ3n) is 5.27. The van der Waals surface area contributed by atoms with E-state index in [1.807, 2.05) is 0 Å². The fourth-order valence-corrected chi connectivity index (χ4v) is 3.55. The molecule has 0 aliphatic carbocycles. The van der Waals surface area contributed by atoms with Gasteiger partial charge in [0, 0.05) is 57.0 Å². The van der Waals surface area contributed by atoms with Crippen LogP contribution in [0.4, 0.5) is 22.7 Å². The molecule has 0 heterocycles. The van der Waals surface area contributed by atoms with Crippen LogP contribution in [0.3, 0.4) is 0 Å². The topological polar surface area (TPSA) is 143 Å². The van der Waals surface area contributed by atoms with Gasteiger partial charge in [0.2, 0.25) is 0 Å². The monoisotopic (exact) mass is 480 g/mol. The van der Waals surface area contributed by atoms with Crippen molar-refractivity contribution in [3.63, 3.8) is 0 Å². The summed E-state index contributed by atoms with van der Waals surface area (Å²) >= 11 is 0. The maximum Gasteiger partial charge on any atom is 0.271 e. The molecular formula is C24H28N6O5. The van der Waals surface area contributed by atoms with Crippen molar-refractivity contribution in [3.05, 3.63) is 93.8 Å². The van der Waals surface area contributed by atoms with Crippen molar-refractivity contribution in [1.29, 1.82) is 0 Å². The number of amides is 1. The van der Waals surface area contributed by atoms with Crippen LogP contribution in [0.1, 0.15) is 21.5 Å². The second-order valence-corrected chi connectivity index (χ2v) is 8.13. The van der Waals surface area contributed by atoms with Gasteiger partial charge in [-0.05, 0) is 24.3 Å². The Labute approximate surface area is 202 Å². The molecule has 0 bridgehead atoms. The largest absolute Gasteiger partial charge is 0.595 e. The van der Waals surface area contributed by atoms with Crippen LogP contribution in [0.5, 0.6) is 0 Å².